The molecule has 2 aromatic carbocycles. The summed E-state index contributed by atoms with van der Waals surface area (Å²) in [5, 5.41) is 24.9. The quantitative estimate of drug-likeness (QED) is 0.0864. The lowest BCUT2D eigenvalue weighted by molar-refractivity contribution is -0.142. The number of amides is 1. The molecule has 282 valence electrons. The number of para-hydroxylation sites is 1. The number of aliphatic hydroxyl groups is 1. The number of rotatable bonds is 9. The Kier molecular flexibility index (Phi) is 9.61. The fraction of sp³-hybridized carbons (Fsp3) is 0.333. The summed E-state index contributed by atoms with van der Waals surface area (Å²) in [5.41, 5.74) is -2.49. The number of alkyl halides is 5. The van der Waals surface area contributed by atoms with Gasteiger partial charge < -0.3 is 20.5 Å². The monoisotopic (exact) mass is 772 g/mol. The van der Waals surface area contributed by atoms with Gasteiger partial charge in [0.25, 0.3) is 5.92 Å². The van der Waals surface area contributed by atoms with Gasteiger partial charge in [-0.15, -0.1) is 0 Å². The van der Waals surface area contributed by atoms with E-state index in [-0.39, 0.29) is 36.5 Å². The van der Waals surface area contributed by atoms with Gasteiger partial charge in [-0.3, -0.25) is 14.2 Å². The largest absolute Gasteiger partial charge is 0.435 e. The second-order valence-corrected chi connectivity index (χ2v) is 13.7. The molecular formula is C36H31F7N8O2S. The summed E-state index contributed by atoms with van der Waals surface area (Å²) in [6, 6.07) is 10.1. The van der Waals surface area contributed by atoms with E-state index in [1.807, 2.05) is 12.3 Å². The van der Waals surface area contributed by atoms with Crippen LogP contribution in [0.1, 0.15) is 46.4 Å². The Morgan fingerprint density at radius 2 is 1.83 bits per heavy atom. The van der Waals surface area contributed by atoms with Crippen molar-refractivity contribution in [3.8, 4) is 23.0 Å². The van der Waals surface area contributed by atoms with Gasteiger partial charge in [0.2, 0.25) is 5.91 Å². The Morgan fingerprint density at radius 3 is 2.50 bits per heavy atom. The molecule has 0 bridgehead atoms. The number of carbonyl (C=O) groups excluding carboxylic acids is 1. The van der Waals surface area contributed by atoms with Crippen molar-refractivity contribution in [2.45, 2.75) is 49.5 Å². The zero-order valence-electron chi connectivity index (χ0n) is 28.6. The SMILES string of the molecule is CSNc1nn(C)c2c(-c3ccc(C#CC4(O)CNC4)nc3C(Cc3cc(F)cc(F)c3)NC(=O)Cn3nc(C(F)(F)F)c4c3C(F)(F)CC4)cccc12. The maximum atomic E-state index is 14.9. The molecular weight excluding hydrogens is 742 g/mol. The van der Waals surface area contributed by atoms with Crippen molar-refractivity contribution in [2.24, 2.45) is 7.05 Å². The zero-order valence-corrected chi connectivity index (χ0v) is 29.4. The molecule has 10 nitrogen and oxygen atoms in total. The Hall–Kier alpha value is -5.12. The number of β-amino-alcohol motifs (C(OH)–C–C–N with tert-alkyl or cyclic N) is 1. The van der Waals surface area contributed by atoms with Crippen LogP contribution in [0, 0.1) is 23.5 Å². The first kappa shape index (κ1) is 37.2. The first-order valence-electron chi connectivity index (χ1n) is 16.6. The molecule has 1 aliphatic carbocycles. The number of nitrogens with zero attached hydrogens (tertiary/aromatic N) is 5. The number of pyridine rings is 1. The van der Waals surface area contributed by atoms with E-state index in [4.69, 9.17) is 4.98 Å². The van der Waals surface area contributed by atoms with Crippen molar-refractivity contribution in [3.05, 3.63) is 94.1 Å². The predicted molar refractivity (Wildman–Crippen MR) is 186 cm³/mol. The lowest BCUT2D eigenvalue weighted by Gasteiger charge is -2.32. The second-order valence-electron chi connectivity index (χ2n) is 13.1. The first-order valence-corrected chi connectivity index (χ1v) is 17.8. The predicted octanol–water partition coefficient (Wildman–Crippen LogP) is 5.64. The fourth-order valence-electron chi connectivity index (χ4n) is 6.84. The van der Waals surface area contributed by atoms with Gasteiger partial charge in [0.15, 0.2) is 17.1 Å². The van der Waals surface area contributed by atoms with E-state index < -0.39 is 77.6 Å². The van der Waals surface area contributed by atoms with Gasteiger partial charge in [0.1, 0.15) is 29.6 Å². The van der Waals surface area contributed by atoms with E-state index in [0.29, 0.717) is 33.2 Å². The third-order valence-corrected chi connectivity index (χ3v) is 9.61. The fourth-order valence-corrected chi connectivity index (χ4v) is 7.18. The van der Waals surface area contributed by atoms with Gasteiger partial charge in [0, 0.05) is 61.0 Å². The molecule has 1 unspecified atom stereocenters. The average molecular weight is 773 g/mol. The molecule has 0 radical (unpaired) electrons. The molecule has 4 N–H and O–H groups in total. The van der Waals surface area contributed by atoms with Crippen LogP contribution in [0.3, 0.4) is 0 Å². The molecule has 0 saturated carbocycles. The first-order chi connectivity index (χ1) is 25.5. The summed E-state index contributed by atoms with van der Waals surface area (Å²) >= 11 is 1.33. The minimum Gasteiger partial charge on any atom is -0.375 e. The van der Waals surface area contributed by atoms with Crippen LogP contribution in [0.15, 0.2) is 48.5 Å². The normalized spacial score (nSPS) is 16.3. The smallest absolute Gasteiger partial charge is 0.375 e. The molecule has 0 spiro atoms. The molecule has 18 heteroatoms. The van der Waals surface area contributed by atoms with Crippen LogP contribution >= 0.6 is 11.9 Å². The van der Waals surface area contributed by atoms with Crippen molar-refractivity contribution < 1.29 is 40.6 Å². The number of benzene rings is 2. The number of aryl methyl sites for hydroxylation is 1. The van der Waals surface area contributed by atoms with E-state index in [1.165, 1.54) is 11.9 Å². The van der Waals surface area contributed by atoms with Crippen molar-refractivity contribution in [1.29, 1.82) is 0 Å². The molecule has 4 heterocycles. The minimum absolute atomic E-state index is 0.0768. The average Bonchev–Trinajstić information content (AvgIpc) is 3.73. The van der Waals surface area contributed by atoms with Crippen molar-refractivity contribution in [3.63, 3.8) is 0 Å². The van der Waals surface area contributed by atoms with Crippen molar-refractivity contribution in [2.75, 3.05) is 24.1 Å². The number of hydrogen-bond acceptors (Lipinski definition) is 8. The summed E-state index contributed by atoms with van der Waals surface area (Å²) in [6.45, 7) is -0.594. The number of anilines is 1. The van der Waals surface area contributed by atoms with Crippen LogP contribution in [0.5, 0.6) is 0 Å². The summed E-state index contributed by atoms with van der Waals surface area (Å²) in [4.78, 5) is 18.6. The maximum Gasteiger partial charge on any atom is 0.435 e. The van der Waals surface area contributed by atoms with Gasteiger partial charge in [-0.25, -0.2) is 13.8 Å². The van der Waals surface area contributed by atoms with Crippen LogP contribution in [-0.2, 0) is 43.3 Å². The Bertz CT molecular complexity index is 2320. The Balaban J connectivity index is 1.36. The molecule has 1 atom stereocenters. The molecule has 5 aromatic rings. The minimum atomic E-state index is -5.04. The lowest BCUT2D eigenvalue weighted by Crippen LogP contribution is -2.58. The Labute approximate surface area is 307 Å². The van der Waals surface area contributed by atoms with Crippen LogP contribution < -0.4 is 15.4 Å². The van der Waals surface area contributed by atoms with E-state index in [2.05, 4.69) is 37.4 Å². The van der Waals surface area contributed by atoms with Crippen LogP contribution in [0.4, 0.5) is 36.6 Å². The highest BCUT2D eigenvalue weighted by molar-refractivity contribution is 7.99. The highest BCUT2D eigenvalue weighted by Crippen LogP contribution is 2.46. The van der Waals surface area contributed by atoms with Crippen molar-refractivity contribution in [1.82, 2.24) is 35.2 Å². The number of nitrogens with one attached hydrogen (secondary N) is 3. The van der Waals surface area contributed by atoms with E-state index >= 15 is 0 Å². The summed E-state index contributed by atoms with van der Waals surface area (Å²) < 4.78 is 105. The highest BCUT2D eigenvalue weighted by atomic mass is 32.2. The van der Waals surface area contributed by atoms with Crippen LogP contribution in [0.25, 0.3) is 22.0 Å². The molecule has 1 fully saturated rings. The number of carbonyl (C=O) groups is 1. The standard InChI is InChI=1S/C36H31F7N8O2S/c1-50-30-24(4-3-5-25(30)33(48-50)49-54-2)23-7-6-22(8-10-34(53)17-44-18-34)45-29(23)27(14-19-12-20(37)15-21(38)13-19)46-28(52)16-51-32-26(9-11-35(32,39)40)31(47-51)36(41,42)43/h3-7,12-13,15,27,44,53H,9,11,14,16-18H2,1-2H3,(H,46,52)(H,48,49). The van der Waals surface area contributed by atoms with Crippen molar-refractivity contribution >= 4 is 34.6 Å². The highest BCUT2D eigenvalue weighted by Gasteiger charge is 2.50. The second kappa shape index (κ2) is 13.9. The van der Waals surface area contributed by atoms with E-state index in [0.717, 1.165) is 17.5 Å². The topological polar surface area (TPSA) is 122 Å². The van der Waals surface area contributed by atoms with Gasteiger partial charge >= 0.3 is 6.18 Å². The molecule has 1 aliphatic heterocycles. The molecule has 1 saturated heterocycles. The summed E-state index contributed by atoms with van der Waals surface area (Å²) in [6.07, 6.45) is -4.97. The Morgan fingerprint density at radius 1 is 1.09 bits per heavy atom. The molecule has 1 amide bonds. The number of fused-ring (bicyclic) bond motifs is 2. The zero-order chi connectivity index (χ0) is 38.6. The van der Waals surface area contributed by atoms with Gasteiger partial charge in [-0.05, 0) is 54.7 Å². The maximum absolute atomic E-state index is 14.9. The van der Waals surface area contributed by atoms with Crippen LogP contribution in [-0.4, -0.2) is 60.5 Å². The summed E-state index contributed by atoms with van der Waals surface area (Å²) in [5.74, 6) is -0.340. The third-order valence-electron chi connectivity index (χ3n) is 9.21. The third kappa shape index (κ3) is 7.22. The number of halogens is 7. The van der Waals surface area contributed by atoms with E-state index in [9.17, 15) is 40.6 Å². The lowest BCUT2D eigenvalue weighted by atomic mass is 9.93. The van der Waals surface area contributed by atoms with Crippen LogP contribution in [0.2, 0.25) is 0 Å². The molecule has 3 aromatic heterocycles. The van der Waals surface area contributed by atoms with Gasteiger partial charge in [-0.2, -0.15) is 32.1 Å². The van der Waals surface area contributed by atoms with E-state index in [1.54, 1.807) is 36.0 Å². The molecule has 2 aliphatic rings. The number of aromatic nitrogens is 5. The van der Waals surface area contributed by atoms with Gasteiger partial charge in [0.05, 0.1) is 17.3 Å². The summed E-state index contributed by atoms with van der Waals surface area (Å²) in [7, 11) is 1.72. The number of hydrogen-bond donors (Lipinski definition) is 4. The molecule has 54 heavy (non-hydrogen) atoms. The molecule has 7 rings (SSSR count). The van der Waals surface area contributed by atoms with Gasteiger partial charge in [-0.1, -0.05) is 30.0 Å².